The summed E-state index contributed by atoms with van der Waals surface area (Å²) in [5.74, 6) is 3.83. The third-order valence-electron chi connectivity index (χ3n) is 14.2. The van der Waals surface area contributed by atoms with Crippen LogP contribution in [0.2, 0.25) is 0 Å². The highest BCUT2D eigenvalue weighted by atomic mass is 16.3. The third-order valence-corrected chi connectivity index (χ3v) is 14.2. The van der Waals surface area contributed by atoms with Crippen LogP contribution in [0.5, 0.6) is 0 Å². The molecule has 6 fully saturated rings. The van der Waals surface area contributed by atoms with Gasteiger partial charge in [-0.25, -0.2) is 0 Å². The maximum Gasteiger partial charge on any atom is 0.0696 e. The standard InChI is InChI=1S/C34H52N2O/c1-20(2)22-7-9-31(4)19-26(13-21(3)27(31)15-22)33-10-8-24-17-25-14-23-16-29(35-6)30(37)18-28(23)34(25,12-11-33)32(24,5)36-33/h13,22-25,28-30,35-37H,1,7-12,14-19H2,2-6H3/t22-,23+,24-,25-,28+,29-,30+,31+,32-,33+,34+/m1/s1. The molecule has 204 valence electrons. The van der Waals surface area contributed by atoms with Gasteiger partial charge in [0.15, 0.2) is 0 Å². The Kier molecular flexibility index (Phi) is 5.48. The van der Waals surface area contributed by atoms with E-state index >= 15 is 0 Å². The molecule has 2 heterocycles. The fourth-order valence-corrected chi connectivity index (χ4v) is 12.3. The van der Waals surface area contributed by atoms with Crippen LogP contribution in [-0.4, -0.2) is 35.4 Å². The third kappa shape index (κ3) is 3.17. The lowest BCUT2D eigenvalue weighted by Gasteiger charge is -2.65. The van der Waals surface area contributed by atoms with Crippen molar-refractivity contribution in [3.8, 4) is 0 Å². The molecule has 0 aromatic rings. The number of aliphatic hydroxyl groups is 1. The van der Waals surface area contributed by atoms with E-state index in [-0.39, 0.29) is 17.2 Å². The molecule has 0 unspecified atom stereocenters. The molecule has 7 rings (SSSR count). The molecular formula is C34H52N2O. The molecule has 3 nitrogen and oxygen atoms in total. The Bertz CT molecular complexity index is 1070. The normalized spacial score (nSPS) is 54.3. The number of piperidine rings is 2. The minimum Gasteiger partial charge on any atom is -0.391 e. The Morgan fingerprint density at radius 1 is 1.05 bits per heavy atom. The predicted molar refractivity (Wildman–Crippen MR) is 152 cm³/mol. The molecule has 0 aromatic carbocycles. The van der Waals surface area contributed by atoms with Gasteiger partial charge in [0, 0.05) is 17.1 Å². The summed E-state index contributed by atoms with van der Waals surface area (Å²) in [4.78, 5) is 0. The molecule has 37 heavy (non-hydrogen) atoms. The Morgan fingerprint density at radius 2 is 1.86 bits per heavy atom. The van der Waals surface area contributed by atoms with E-state index in [9.17, 15) is 5.11 Å². The van der Waals surface area contributed by atoms with Crippen LogP contribution >= 0.6 is 0 Å². The van der Waals surface area contributed by atoms with E-state index in [1.54, 1.807) is 16.7 Å². The summed E-state index contributed by atoms with van der Waals surface area (Å²) in [5, 5.41) is 19.1. The van der Waals surface area contributed by atoms with E-state index in [1.807, 2.05) is 7.05 Å². The van der Waals surface area contributed by atoms with Gasteiger partial charge in [-0.05, 0) is 151 Å². The van der Waals surface area contributed by atoms with Gasteiger partial charge in [0.25, 0.3) is 0 Å². The van der Waals surface area contributed by atoms with Crippen molar-refractivity contribution in [3.05, 3.63) is 34.9 Å². The number of allylic oxidation sites excluding steroid dienone is 4. The highest BCUT2D eigenvalue weighted by Gasteiger charge is 2.74. The Hall–Kier alpha value is -0.900. The van der Waals surface area contributed by atoms with Crippen LogP contribution in [0, 0.1) is 40.4 Å². The molecule has 3 N–H and O–H groups in total. The largest absolute Gasteiger partial charge is 0.391 e. The summed E-state index contributed by atoms with van der Waals surface area (Å²) in [6.45, 7) is 14.2. The van der Waals surface area contributed by atoms with Crippen LogP contribution in [0.1, 0.15) is 105 Å². The Balaban J connectivity index is 1.23. The molecule has 0 radical (unpaired) electrons. The molecule has 0 aromatic heterocycles. The van der Waals surface area contributed by atoms with Crippen molar-refractivity contribution in [2.24, 2.45) is 40.4 Å². The lowest BCUT2D eigenvalue weighted by molar-refractivity contribution is -0.0926. The first kappa shape index (κ1) is 25.1. The highest BCUT2D eigenvalue weighted by Crippen LogP contribution is 2.74. The molecule has 1 spiro atoms. The molecule has 2 aliphatic heterocycles. The number of aliphatic hydroxyl groups excluding tert-OH is 1. The number of nitrogens with one attached hydrogen (secondary N) is 2. The van der Waals surface area contributed by atoms with Crippen LogP contribution in [-0.2, 0) is 0 Å². The van der Waals surface area contributed by atoms with Crippen molar-refractivity contribution in [2.45, 2.75) is 128 Å². The summed E-state index contributed by atoms with van der Waals surface area (Å²) in [6.07, 6.45) is 18.0. The zero-order valence-corrected chi connectivity index (χ0v) is 24.3. The van der Waals surface area contributed by atoms with Crippen LogP contribution in [0.25, 0.3) is 0 Å². The topological polar surface area (TPSA) is 44.3 Å². The molecule has 4 saturated carbocycles. The van der Waals surface area contributed by atoms with Gasteiger partial charge in [0.2, 0.25) is 0 Å². The second-order valence-corrected chi connectivity index (χ2v) is 15.5. The Labute approximate surface area is 226 Å². The van der Waals surface area contributed by atoms with E-state index in [0.717, 1.165) is 24.2 Å². The van der Waals surface area contributed by atoms with E-state index < -0.39 is 0 Å². The molecule has 7 aliphatic rings. The van der Waals surface area contributed by atoms with Gasteiger partial charge in [-0.3, -0.25) is 0 Å². The van der Waals surface area contributed by atoms with Gasteiger partial charge in [0.05, 0.1) is 6.10 Å². The fourth-order valence-electron chi connectivity index (χ4n) is 12.3. The molecule has 3 heteroatoms. The molecular weight excluding hydrogens is 452 g/mol. The zero-order valence-electron chi connectivity index (χ0n) is 24.3. The second kappa shape index (κ2) is 8.07. The van der Waals surface area contributed by atoms with Crippen molar-refractivity contribution in [1.82, 2.24) is 10.6 Å². The van der Waals surface area contributed by atoms with Gasteiger partial charge in [-0.15, -0.1) is 0 Å². The number of rotatable bonds is 3. The molecule has 11 atom stereocenters. The van der Waals surface area contributed by atoms with E-state index in [4.69, 9.17) is 0 Å². The fraction of sp³-hybridized carbons (Fsp3) is 0.824. The predicted octanol–water partition coefficient (Wildman–Crippen LogP) is 6.69. The number of fused-ring (bicyclic) bond motifs is 3. The van der Waals surface area contributed by atoms with Crippen molar-refractivity contribution < 1.29 is 5.11 Å². The SMILES string of the molecule is C=C(C)[C@@H]1CC[C@@]2(C)CC([C@]34CC[C@@H]5C[C@H]6C[C@H]7C[C@@H](NC)[C@@H](O)C[C@@H]7[C@@]6(CC3)[C@]5(C)N4)=CC(C)=C2C1. The first-order valence-electron chi connectivity index (χ1n) is 15.8. The first-order chi connectivity index (χ1) is 17.6. The minimum atomic E-state index is -0.182. The molecule has 5 aliphatic carbocycles. The highest BCUT2D eigenvalue weighted by molar-refractivity contribution is 5.45. The smallest absolute Gasteiger partial charge is 0.0696 e. The quantitative estimate of drug-likeness (QED) is 0.375. The average molecular weight is 505 g/mol. The second-order valence-electron chi connectivity index (χ2n) is 15.5. The van der Waals surface area contributed by atoms with Gasteiger partial charge in [-0.1, -0.05) is 36.3 Å². The summed E-state index contributed by atoms with van der Waals surface area (Å²) in [7, 11) is 2.04. The Morgan fingerprint density at radius 3 is 2.62 bits per heavy atom. The monoisotopic (exact) mass is 504 g/mol. The first-order valence-corrected chi connectivity index (χ1v) is 15.8. The zero-order chi connectivity index (χ0) is 26.0. The maximum atomic E-state index is 11.1. The lowest BCUT2D eigenvalue weighted by atomic mass is 9.49. The van der Waals surface area contributed by atoms with Crippen molar-refractivity contribution in [3.63, 3.8) is 0 Å². The summed E-state index contributed by atoms with van der Waals surface area (Å²) < 4.78 is 0. The van der Waals surface area contributed by atoms with Crippen LogP contribution < -0.4 is 10.6 Å². The van der Waals surface area contributed by atoms with Gasteiger partial charge < -0.3 is 15.7 Å². The van der Waals surface area contributed by atoms with Gasteiger partial charge in [-0.2, -0.15) is 0 Å². The van der Waals surface area contributed by atoms with Gasteiger partial charge in [0.1, 0.15) is 0 Å². The van der Waals surface area contributed by atoms with E-state index in [2.05, 4.69) is 51.0 Å². The number of hydrogen-bond acceptors (Lipinski definition) is 3. The lowest BCUT2D eigenvalue weighted by Crippen LogP contribution is -2.74. The number of likely N-dealkylation sites (N-methyl/N-ethyl adjacent to an activating group) is 1. The van der Waals surface area contributed by atoms with E-state index in [0.29, 0.717) is 28.7 Å². The van der Waals surface area contributed by atoms with Crippen molar-refractivity contribution >= 4 is 0 Å². The molecule has 2 bridgehead atoms. The van der Waals surface area contributed by atoms with Gasteiger partial charge >= 0.3 is 0 Å². The summed E-state index contributed by atoms with van der Waals surface area (Å²) in [5.41, 5.74) is 7.53. The average Bonchev–Trinajstić information content (AvgIpc) is 3.31. The number of hydrogen-bond donors (Lipinski definition) is 3. The summed E-state index contributed by atoms with van der Waals surface area (Å²) >= 11 is 0. The van der Waals surface area contributed by atoms with Crippen LogP contribution in [0.15, 0.2) is 34.9 Å². The van der Waals surface area contributed by atoms with Crippen molar-refractivity contribution in [1.29, 1.82) is 0 Å². The van der Waals surface area contributed by atoms with Crippen molar-refractivity contribution in [2.75, 3.05) is 7.05 Å². The molecule has 0 amide bonds. The minimum absolute atomic E-state index is 0.182. The van der Waals surface area contributed by atoms with Crippen LogP contribution in [0.4, 0.5) is 0 Å². The summed E-state index contributed by atoms with van der Waals surface area (Å²) in [6, 6.07) is 0.291. The maximum absolute atomic E-state index is 11.1. The van der Waals surface area contributed by atoms with Crippen LogP contribution in [0.3, 0.4) is 0 Å². The molecule has 2 saturated heterocycles. The van der Waals surface area contributed by atoms with E-state index in [1.165, 1.54) is 76.2 Å².